The van der Waals surface area contributed by atoms with Crippen LogP contribution in [-0.2, 0) is 4.79 Å². The van der Waals surface area contributed by atoms with Crippen molar-refractivity contribution in [1.29, 1.82) is 0 Å². The number of rotatable bonds is 6. The van der Waals surface area contributed by atoms with E-state index in [1.165, 1.54) is 23.1 Å². The molecule has 0 aliphatic rings. The summed E-state index contributed by atoms with van der Waals surface area (Å²) in [5.41, 5.74) is 0. The maximum atomic E-state index is 11.9. The first-order valence-electron chi connectivity index (χ1n) is 5.18. The summed E-state index contributed by atoms with van der Waals surface area (Å²) in [5, 5.41) is 13.2. The van der Waals surface area contributed by atoms with Crippen molar-refractivity contribution in [3.8, 4) is 0 Å². The van der Waals surface area contributed by atoms with Crippen LogP contribution in [0.4, 0.5) is 0 Å². The first-order chi connectivity index (χ1) is 8.04. The van der Waals surface area contributed by atoms with E-state index in [0.717, 1.165) is 4.90 Å². The van der Waals surface area contributed by atoms with Crippen molar-refractivity contribution in [2.45, 2.75) is 30.7 Å². The minimum absolute atomic E-state index is 0.0707. The van der Waals surface area contributed by atoms with Gasteiger partial charge in [0.05, 0.1) is 0 Å². The van der Waals surface area contributed by atoms with Gasteiger partial charge < -0.3 is 10.4 Å². The molecule has 0 aliphatic heterocycles. The third-order valence-electron chi connectivity index (χ3n) is 2.22. The van der Waals surface area contributed by atoms with Gasteiger partial charge in [0, 0.05) is 17.4 Å². The molecule has 1 aromatic heterocycles. The van der Waals surface area contributed by atoms with Crippen LogP contribution in [-0.4, -0.2) is 29.3 Å². The summed E-state index contributed by atoms with van der Waals surface area (Å²) in [5.74, 6) is -0.964. The van der Waals surface area contributed by atoms with E-state index in [4.69, 9.17) is 5.11 Å². The van der Waals surface area contributed by atoms with E-state index in [1.54, 1.807) is 0 Å². The molecule has 1 amide bonds. The molecule has 1 rings (SSSR count). The number of thiophene rings is 1. The van der Waals surface area contributed by atoms with Gasteiger partial charge in [-0.15, -0.1) is 23.1 Å². The van der Waals surface area contributed by atoms with Crippen LogP contribution in [0.5, 0.6) is 0 Å². The van der Waals surface area contributed by atoms with E-state index in [9.17, 15) is 9.59 Å². The van der Waals surface area contributed by atoms with Gasteiger partial charge in [-0.1, -0.05) is 0 Å². The first-order valence-corrected chi connectivity index (χ1v) is 7.29. The van der Waals surface area contributed by atoms with Gasteiger partial charge in [-0.3, -0.25) is 9.59 Å². The molecule has 0 fully saturated rings. The fourth-order valence-electron chi connectivity index (χ4n) is 1.33. The average molecular weight is 273 g/mol. The lowest BCUT2D eigenvalue weighted by Gasteiger charge is -2.12. The van der Waals surface area contributed by atoms with Crippen LogP contribution in [0, 0.1) is 0 Å². The van der Waals surface area contributed by atoms with Crippen molar-refractivity contribution in [2.75, 3.05) is 6.26 Å². The van der Waals surface area contributed by atoms with Crippen LogP contribution < -0.4 is 5.32 Å². The van der Waals surface area contributed by atoms with Crippen molar-refractivity contribution in [3.63, 3.8) is 0 Å². The van der Waals surface area contributed by atoms with Gasteiger partial charge in [-0.2, -0.15) is 0 Å². The Morgan fingerprint density at radius 2 is 2.29 bits per heavy atom. The van der Waals surface area contributed by atoms with Crippen LogP contribution in [0.1, 0.15) is 29.4 Å². The number of amides is 1. The third kappa shape index (κ3) is 4.40. The molecule has 17 heavy (non-hydrogen) atoms. The number of hydrogen-bond donors (Lipinski definition) is 2. The van der Waals surface area contributed by atoms with Crippen LogP contribution in [0.15, 0.2) is 16.3 Å². The second-order valence-electron chi connectivity index (χ2n) is 3.63. The molecular formula is C11H15NO3S2. The molecule has 2 N–H and O–H groups in total. The lowest BCUT2D eigenvalue weighted by molar-refractivity contribution is -0.137. The van der Waals surface area contributed by atoms with E-state index in [0.29, 0.717) is 11.3 Å². The molecule has 0 bridgehead atoms. The van der Waals surface area contributed by atoms with Gasteiger partial charge in [0.25, 0.3) is 5.91 Å². The van der Waals surface area contributed by atoms with Crippen molar-refractivity contribution in [3.05, 3.63) is 16.3 Å². The minimum Gasteiger partial charge on any atom is -0.481 e. The Hall–Kier alpha value is -1.01. The third-order valence-corrected chi connectivity index (χ3v) is 4.05. The molecule has 1 aromatic rings. The highest BCUT2D eigenvalue weighted by atomic mass is 32.2. The van der Waals surface area contributed by atoms with Gasteiger partial charge in [-0.25, -0.2) is 0 Å². The van der Waals surface area contributed by atoms with E-state index >= 15 is 0 Å². The molecule has 0 saturated heterocycles. The molecule has 94 valence electrons. The first kappa shape index (κ1) is 14.1. The Kier molecular flexibility index (Phi) is 5.50. The minimum atomic E-state index is -0.841. The summed E-state index contributed by atoms with van der Waals surface area (Å²) in [4.78, 5) is 23.9. The summed E-state index contributed by atoms with van der Waals surface area (Å²) in [7, 11) is 0. The Labute approximate surface area is 108 Å². The fraction of sp³-hybridized carbons (Fsp3) is 0.455. The zero-order valence-electron chi connectivity index (χ0n) is 9.73. The molecule has 1 atom stereocenters. The molecule has 1 heterocycles. The van der Waals surface area contributed by atoms with E-state index in [2.05, 4.69) is 5.32 Å². The number of thioether (sulfide) groups is 1. The van der Waals surface area contributed by atoms with Crippen molar-refractivity contribution in [2.24, 2.45) is 0 Å². The highest BCUT2D eigenvalue weighted by Crippen LogP contribution is 2.25. The predicted octanol–water partition coefficient (Wildman–Crippen LogP) is 2.45. The summed E-state index contributed by atoms with van der Waals surface area (Å²) in [6.45, 7) is 1.81. The summed E-state index contributed by atoms with van der Waals surface area (Å²) < 4.78 is 0. The van der Waals surface area contributed by atoms with Gasteiger partial charge in [0.2, 0.25) is 0 Å². The highest BCUT2D eigenvalue weighted by molar-refractivity contribution is 7.98. The van der Waals surface area contributed by atoms with Gasteiger partial charge in [0.15, 0.2) is 0 Å². The SMILES string of the molecule is CSc1ccsc1C(=O)NC(C)CCC(=O)O. The van der Waals surface area contributed by atoms with E-state index in [1.807, 2.05) is 24.6 Å². The molecule has 4 nitrogen and oxygen atoms in total. The topological polar surface area (TPSA) is 66.4 Å². The maximum absolute atomic E-state index is 11.9. The smallest absolute Gasteiger partial charge is 0.303 e. The second kappa shape index (κ2) is 6.66. The van der Waals surface area contributed by atoms with Gasteiger partial charge in [0.1, 0.15) is 4.88 Å². The Morgan fingerprint density at radius 1 is 1.59 bits per heavy atom. The second-order valence-corrected chi connectivity index (χ2v) is 5.39. The molecular weight excluding hydrogens is 258 g/mol. The normalized spacial score (nSPS) is 12.1. The lowest BCUT2D eigenvalue weighted by Crippen LogP contribution is -2.32. The quantitative estimate of drug-likeness (QED) is 0.781. The van der Waals surface area contributed by atoms with E-state index < -0.39 is 5.97 Å². The summed E-state index contributed by atoms with van der Waals surface area (Å²) in [6.07, 6.45) is 2.44. The fourth-order valence-corrected chi connectivity index (χ4v) is 2.98. The Balaban J connectivity index is 2.51. The number of nitrogens with one attached hydrogen (secondary N) is 1. The summed E-state index contributed by atoms with van der Waals surface area (Å²) in [6, 6.07) is 1.78. The van der Waals surface area contributed by atoms with Gasteiger partial charge in [-0.05, 0) is 31.0 Å². The monoisotopic (exact) mass is 273 g/mol. The predicted molar refractivity (Wildman–Crippen MR) is 69.9 cm³/mol. The summed E-state index contributed by atoms with van der Waals surface area (Å²) >= 11 is 2.93. The molecule has 0 saturated carbocycles. The number of carbonyl (C=O) groups excluding carboxylic acids is 1. The number of carboxylic acid groups (broad SMARTS) is 1. The van der Waals surface area contributed by atoms with Crippen LogP contribution >= 0.6 is 23.1 Å². The van der Waals surface area contributed by atoms with Crippen LogP contribution in [0.3, 0.4) is 0 Å². The number of hydrogen-bond acceptors (Lipinski definition) is 4. The molecule has 0 aromatic carbocycles. The molecule has 0 aliphatic carbocycles. The van der Waals surface area contributed by atoms with Crippen LogP contribution in [0.25, 0.3) is 0 Å². The molecule has 0 spiro atoms. The molecule has 1 unspecified atom stereocenters. The Bertz CT molecular complexity index is 403. The van der Waals surface area contributed by atoms with Crippen LogP contribution in [0.2, 0.25) is 0 Å². The Morgan fingerprint density at radius 3 is 2.88 bits per heavy atom. The standard InChI is InChI=1S/C11H15NO3S2/c1-7(3-4-9(13)14)12-11(15)10-8(16-2)5-6-17-10/h5-7H,3-4H2,1-2H3,(H,12,15)(H,13,14). The molecule has 0 radical (unpaired) electrons. The zero-order chi connectivity index (χ0) is 12.8. The maximum Gasteiger partial charge on any atom is 0.303 e. The van der Waals surface area contributed by atoms with Gasteiger partial charge >= 0.3 is 5.97 Å². The van der Waals surface area contributed by atoms with E-state index in [-0.39, 0.29) is 18.4 Å². The zero-order valence-corrected chi connectivity index (χ0v) is 11.4. The molecule has 6 heteroatoms. The number of carbonyl (C=O) groups is 2. The number of carboxylic acids is 1. The largest absolute Gasteiger partial charge is 0.481 e. The van der Waals surface area contributed by atoms with Crippen molar-refractivity contribution >= 4 is 35.0 Å². The highest BCUT2D eigenvalue weighted by Gasteiger charge is 2.15. The van der Waals surface area contributed by atoms with Crippen molar-refractivity contribution in [1.82, 2.24) is 5.32 Å². The lowest BCUT2D eigenvalue weighted by atomic mass is 10.2. The number of aliphatic carboxylic acids is 1. The van der Waals surface area contributed by atoms with Crippen molar-refractivity contribution < 1.29 is 14.7 Å². The average Bonchev–Trinajstić information content (AvgIpc) is 2.74.